The molecule has 0 aliphatic heterocycles. The maximum atomic E-state index is 12.2. The predicted octanol–water partition coefficient (Wildman–Crippen LogP) is 2.40. The number of rotatable bonds is 5. The largest absolute Gasteiger partial charge is 0.480 e. The number of benzene rings is 1. The highest BCUT2D eigenvalue weighted by Crippen LogP contribution is 2.22. The third-order valence-corrected chi connectivity index (χ3v) is 3.37. The van der Waals surface area contributed by atoms with Gasteiger partial charge in [0.15, 0.2) is 5.69 Å². The van der Waals surface area contributed by atoms with Crippen molar-refractivity contribution in [2.45, 2.75) is 38.6 Å². The summed E-state index contributed by atoms with van der Waals surface area (Å²) in [6, 6.07) is 9.64. The number of amides is 1. The molecular formula is C17H20N2O4. The molecule has 2 rings (SSSR count). The zero-order valence-corrected chi connectivity index (χ0v) is 13.4. The van der Waals surface area contributed by atoms with Crippen molar-refractivity contribution in [3.63, 3.8) is 0 Å². The molecule has 2 N–H and O–H groups in total. The molecule has 6 heteroatoms. The number of nitrogens with zero attached hydrogens (tertiary/aromatic N) is 1. The topological polar surface area (TPSA) is 92.4 Å². The zero-order valence-electron chi connectivity index (χ0n) is 13.4. The molecule has 1 atom stereocenters. The van der Waals surface area contributed by atoms with E-state index in [1.54, 1.807) is 0 Å². The minimum atomic E-state index is -1.10. The Hall–Kier alpha value is -2.63. The smallest absolute Gasteiger partial charge is 0.326 e. The van der Waals surface area contributed by atoms with E-state index < -0.39 is 17.9 Å². The average Bonchev–Trinajstić information content (AvgIpc) is 2.97. The van der Waals surface area contributed by atoms with Gasteiger partial charge in [-0.25, -0.2) is 4.79 Å². The van der Waals surface area contributed by atoms with Crippen LogP contribution in [-0.2, 0) is 16.6 Å². The van der Waals surface area contributed by atoms with Crippen molar-refractivity contribution in [3.05, 3.63) is 53.4 Å². The lowest BCUT2D eigenvalue weighted by molar-refractivity contribution is -0.139. The second-order valence-corrected chi connectivity index (χ2v) is 6.38. The monoisotopic (exact) mass is 316 g/mol. The second kappa shape index (κ2) is 6.64. The minimum Gasteiger partial charge on any atom is -0.480 e. The third kappa shape index (κ3) is 4.42. The van der Waals surface area contributed by atoms with E-state index in [0.29, 0.717) is 5.76 Å². The van der Waals surface area contributed by atoms with Gasteiger partial charge in [-0.3, -0.25) is 4.79 Å². The van der Waals surface area contributed by atoms with Gasteiger partial charge in [-0.1, -0.05) is 56.3 Å². The Balaban J connectivity index is 2.09. The summed E-state index contributed by atoms with van der Waals surface area (Å²) in [7, 11) is 0. The number of carbonyl (C=O) groups excluding carboxylic acids is 1. The molecule has 0 aliphatic carbocycles. The van der Waals surface area contributed by atoms with Gasteiger partial charge in [0.05, 0.1) is 0 Å². The first kappa shape index (κ1) is 16.7. The number of carboxylic acids is 1. The van der Waals surface area contributed by atoms with Crippen molar-refractivity contribution in [2.75, 3.05) is 0 Å². The summed E-state index contributed by atoms with van der Waals surface area (Å²) < 4.78 is 5.15. The molecule has 6 nitrogen and oxygen atoms in total. The maximum absolute atomic E-state index is 12.2. The van der Waals surface area contributed by atoms with Gasteiger partial charge in [0, 0.05) is 17.9 Å². The van der Waals surface area contributed by atoms with Crippen LogP contribution in [0.15, 0.2) is 40.9 Å². The van der Waals surface area contributed by atoms with Crippen molar-refractivity contribution < 1.29 is 19.2 Å². The number of aliphatic carboxylic acids is 1. The average molecular weight is 316 g/mol. The molecule has 0 spiro atoms. The molecule has 1 aromatic carbocycles. The first-order valence-corrected chi connectivity index (χ1v) is 7.32. The van der Waals surface area contributed by atoms with E-state index in [2.05, 4.69) is 10.5 Å². The summed E-state index contributed by atoms with van der Waals surface area (Å²) in [6.45, 7) is 5.81. The Kier molecular flexibility index (Phi) is 4.83. The SMILES string of the molecule is CC(C)(C)c1cc(C(=O)N[C@H](Cc2ccccc2)C(=O)O)no1. The second-order valence-electron chi connectivity index (χ2n) is 6.38. The lowest BCUT2D eigenvalue weighted by atomic mass is 9.93. The molecule has 0 radical (unpaired) electrons. The van der Waals surface area contributed by atoms with Gasteiger partial charge in [0.1, 0.15) is 11.8 Å². The van der Waals surface area contributed by atoms with Crippen LogP contribution in [0.2, 0.25) is 0 Å². The normalized spacial score (nSPS) is 12.7. The molecule has 1 amide bonds. The molecule has 0 bridgehead atoms. The Morgan fingerprint density at radius 3 is 2.43 bits per heavy atom. The van der Waals surface area contributed by atoms with Crippen LogP contribution < -0.4 is 5.32 Å². The number of hydrogen-bond acceptors (Lipinski definition) is 4. The van der Waals surface area contributed by atoms with Crippen molar-refractivity contribution >= 4 is 11.9 Å². The van der Waals surface area contributed by atoms with Gasteiger partial charge >= 0.3 is 5.97 Å². The highest BCUT2D eigenvalue weighted by Gasteiger charge is 2.25. The fraction of sp³-hybridized carbons (Fsp3) is 0.353. The van der Waals surface area contributed by atoms with Crippen LogP contribution in [0.4, 0.5) is 0 Å². The van der Waals surface area contributed by atoms with E-state index in [9.17, 15) is 14.7 Å². The first-order valence-electron chi connectivity index (χ1n) is 7.32. The van der Waals surface area contributed by atoms with E-state index in [0.717, 1.165) is 5.56 Å². The van der Waals surface area contributed by atoms with Crippen LogP contribution in [0.3, 0.4) is 0 Å². The van der Waals surface area contributed by atoms with Crippen LogP contribution >= 0.6 is 0 Å². The summed E-state index contributed by atoms with van der Waals surface area (Å²) in [5, 5.41) is 15.5. The number of carboxylic acid groups (broad SMARTS) is 1. The summed E-state index contributed by atoms with van der Waals surface area (Å²) in [6.07, 6.45) is 0.200. The van der Waals surface area contributed by atoms with Crippen molar-refractivity contribution in [3.8, 4) is 0 Å². The Labute approximate surface area is 134 Å². The van der Waals surface area contributed by atoms with Crippen LogP contribution in [-0.4, -0.2) is 28.2 Å². The Morgan fingerprint density at radius 1 is 1.26 bits per heavy atom. The van der Waals surface area contributed by atoms with Crippen molar-refractivity contribution in [1.29, 1.82) is 0 Å². The predicted molar refractivity (Wildman–Crippen MR) is 84.2 cm³/mol. The van der Waals surface area contributed by atoms with Crippen molar-refractivity contribution in [1.82, 2.24) is 10.5 Å². The fourth-order valence-corrected chi connectivity index (χ4v) is 2.02. The molecule has 2 aromatic rings. The summed E-state index contributed by atoms with van der Waals surface area (Å²) in [4.78, 5) is 23.6. The van der Waals surface area contributed by atoms with Gasteiger partial charge in [-0.2, -0.15) is 0 Å². The molecule has 122 valence electrons. The van der Waals surface area contributed by atoms with Crippen LogP contribution in [0.5, 0.6) is 0 Å². The van der Waals surface area contributed by atoms with E-state index in [1.165, 1.54) is 6.07 Å². The van der Waals surface area contributed by atoms with Gasteiger partial charge < -0.3 is 14.9 Å². The standard InChI is InChI=1S/C17H20N2O4/c1-17(2,3)14-10-12(19-23-14)15(20)18-13(16(21)22)9-11-7-5-4-6-8-11/h4-8,10,13H,9H2,1-3H3,(H,18,20)(H,21,22)/t13-/m1/s1. The third-order valence-electron chi connectivity index (χ3n) is 3.37. The minimum absolute atomic E-state index is 0.0780. The van der Waals surface area contributed by atoms with Gasteiger partial charge in [0.25, 0.3) is 5.91 Å². The summed E-state index contributed by atoms with van der Waals surface area (Å²) in [5.41, 5.74) is 0.631. The molecule has 1 aromatic heterocycles. The van der Waals surface area contributed by atoms with Gasteiger partial charge in [-0.05, 0) is 5.56 Å². The van der Waals surface area contributed by atoms with E-state index in [4.69, 9.17) is 4.52 Å². The van der Waals surface area contributed by atoms with Crippen molar-refractivity contribution in [2.24, 2.45) is 0 Å². The quantitative estimate of drug-likeness (QED) is 0.883. The van der Waals surface area contributed by atoms with E-state index in [1.807, 2.05) is 51.1 Å². The Bertz CT molecular complexity index is 686. The molecule has 0 saturated heterocycles. The van der Waals surface area contributed by atoms with Crippen LogP contribution in [0.25, 0.3) is 0 Å². The van der Waals surface area contributed by atoms with Gasteiger partial charge in [-0.15, -0.1) is 0 Å². The number of aromatic nitrogens is 1. The molecule has 0 unspecified atom stereocenters. The molecular weight excluding hydrogens is 296 g/mol. The molecule has 0 saturated carbocycles. The zero-order chi connectivity index (χ0) is 17.0. The van der Waals surface area contributed by atoms with E-state index in [-0.39, 0.29) is 17.5 Å². The highest BCUT2D eigenvalue weighted by molar-refractivity contribution is 5.95. The highest BCUT2D eigenvalue weighted by atomic mass is 16.5. The first-order chi connectivity index (χ1) is 10.8. The molecule has 0 fully saturated rings. The summed E-state index contributed by atoms with van der Waals surface area (Å²) >= 11 is 0. The number of nitrogens with one attached hydrogen (secondary N) is 1. The van der Waals surface area contributed by atoms with E-state index >= 15 is 0 Å². The van der Waals surface area contributed by atoms with Crippen LogP contribution in [0.1, 0.15) is 42.6 Å². The van der Waals surface area contributed by atoms with Crippen LogP contribution in [0, 0.1) is 0 Å². The number of carbonyl (C=O) groups is 2. The fourth-order valence-electron chi connectivity index (χ4n) is 2.02. The molecule has 1 heterocycles. The maximum Gasteiger partial charge on any atom is 0.326 e. The molecule has 23 heavy (non-hydrogen) atoms. The number of hydrogen-bond donors (Lipinski definition) is 2. The molecule has 0 aliphatic rings. The lowest BCUT2D eigenvalue weighted by Gasteiger charge is -2.13. The van der Waals surface area contributed by atoms with Gasteiger partial charge in [0.2, 0.25) is 0 Å². The summed E-state index contributed by atoms with van der Waals surface area (Å²) in [5.74, 6) is -1.09. The Morgan fingerprint density at radius 2 is 1.91 bits per heavy atom. The lowest BCUT2D eigenvalue weighted by Crippen LogP contribution is -2.42.